The van der Waals surface area contributed by atoms with E-state index in [4.69, 9.17) is 4.74 Å². The molecule has 0 aromatic carbocycles. The Bertz CT molecular complexity index is 221. The molecule has 92 valence electrons. The molecule has 0 radical (unpaired) electrons. The van der Waals surface area contributed by atoms with Gasteiger partial charge in [0.15, 0.2) is 0 Å². The van der Waals surface area contributed by atoms with Gasteiger partial charge in [0.05, 0.1) is 0 Å². The van der Waals surface area contributed by atoms with Gasteiger partial charge in [-0.1, -0.05) is 0 Å². The number of nitrogens with zero attached hydrogens (tertiary/aromatic N) is 1. The van der Waals surface area contributed by atoms with E-state index in [2.05, 4.69) is 5.32 Å². The number of hydrogen-bond acceptors (Lipinski definition) is 3. The molecule has 0 saturated carbocycles. The van der Waals surface area contributed by atoms with E-state index in [1.165, 1.54) is 6.42 Å². The van der Waals surface area contributed by atoms with Gasteiger partial charge in [0.25, 0.3) is 0 Å². The highest BCUT2D eigenvalue weighted by Gasteiger charge is 2.18. The van der Waals surface area contributed by atoms with E-state index in [-0.39, 0.29) is 12.5 Å². The van der Waals surface area contributed by atoms with E-state index in [9.17, 15) is 4.79 Å². The molecule has 16 heavy (non-hydrogen) atoms. The van der Waals surface area contributed by atoms with Gasteiger partial charge in [-0.2, -0.15) is 0 Å². The minimum absolute atomic E-state index is 0.169. The molecule has 0 bridgehead atoms. The summed E-state index contributed by atoms with van der Waals surface area (Å²) in [6, 6.07) is 0. The maximum atomic E-state index is 11.6. The Hall–Kier alpha value is -0.610. The quantitative estimate of drug-likeness (QED) is 0.699. The van der Waals surface area contributed by atoms with Crippen molar-refractivity contribution in [1.82, 2.24) is 10.2 Å². The second kappa shape index (κ2) is 6.21. The van der Waals surface area contributed by atoms with Crippen molar-refractivity contribution >= 4 is 5.91 Å². The average molecular weight is 226 g/mol. The smallest absolute Gasteiger partial charge is 0.248 e. The molecule has 0 aromatic rings. The molecule has 2 saturated heterocycles. The van der Waals surface area contributed by atoms with Crippen LogP contribution in [-0.4, -0.2) is 50.2 Å². The Morgan fingerprint density at radius 2 is 2.19 bits per heavy atom. The molecule has 0 spiro atoms. The van der Waals surface area contributed by atoms with Crippen molar-refractivity contribution in [3.63, 3.8) is 0 Å². The molecule has 2 rings (SSSR count). The fraction of sp³-hybridized carbons (Fsp3) is 0.917. The molecule has 1 amide bonds. The lowest BCUT2D eigenvalue weighted by atomic mass is 10.1. The third-order valence-electron chi connectivity index (χ3n) is 3.52. The van der Waals surface area contributed by atoms with Gasteiger partial charge in [0, 0.05) is 19.7 Å². The van der Waals surface area contributed by atoms with E-state index in [1.54, 1.807) is 0 Å². The van der Waals surface area contributed by atoms with Crippen LogP contribution in [0.15, 0.2) is 0 Å². The molecule has 1 unspecified atom stereocenters. The van der Waals surface area contributed by atoms with Gasteiger partial charge in [-0.15, -0.1) is 0 Å². The fourth-order valence-corrected chi connectivity index (χ4v) is 2.43. The maximum absolute atomic E-state index is 11.6. The molecule has 1 atom stereocenters. The second-order valence-corrected chi connectivity index (χ2v) is 4.79. The molecular formula is C12H22N2O2. The van der Waals surface area contributed by atoms with Crippen LogP contribution in [0.3, 0.4) is 0 Å². The fourth-order valence-electron chi connectivity index (χ4n) is 2.43. The second-order valence-electron chi connectivity index (χ2n) is 4.79. The summed E-state index contributed by atoms with van der Waals surface area (Å²) in [4.78, 5) is 13.5. The molecule has 2 fully saturated rings. The standard InChI is InChI=1S/C12H22N2O2/c15-12(14-6-1-2-7-14)10-16-8-4-11-3-5-13-9-11/h11,13H,1-10H2. The first-order valence-corrected chi connectivity index (χ1v) is 6.42. The third-order valence-corrected chi connectivity index (χ3v) is 3.52. The highest BCUT2D eigenvalue weighted by Crippen LogP contribution is 2.12. The van der Waals surface area contributed by atoms with E-state index in [1.807, 2.05) is 4.90 Å². The lowest BCUT2D eigenvalue weighted by molar-refractivity contribution is -0.135. The predicted molar refractivity (Wildman–Crippen MR) is 62.2 cm³/mol. The Kier molecular flexibility index (Phi) is 4.60. The molecule has 4 nitrogen and oxygen atoms in total. The minimum Gasteiger partial charge on any atom is -0.372 e. The number of nitrogens with one attached hydrogen (secondary N) is 1. The first-order valence-electron chi connectivity index (χ1n) is 6.42. The average Bonchev–Trinajstić information content (AvgIpc) is 2.96. The van der Waals surface area contributed by atoms with Gasteiger partial charge >= 0.3 is 0 Å². The molecular weight excluding hydrogens is 204 g/mol. The molecule has 2 aliphatic rings. The summed E-state index contributed by atoms with van der Waals surface area (Å²) in [5.41, 5.74) is 0. The number of likely N-dealkylation sites (tertiary alicyclic amines) is 1. The van der Waals surface area contributed by atoms with Gasteiger partial charge < -0.3 is 15.0 Å². The van der Waals surface area contributed by atoms with Gasteiger partial charge in [0.1, 0.15) is 6.61 Å². The van der Waals surface area contributed by atoms with Crippen LogP contribution >= 0.6 is 0 Å². The SMILES string of the molecule is O=C(COCCC1CCNC1)N1CCCC1. The molecule has 2 aliphatic heterocycles. The summed E-state index contributed by atoms with van der Waals surface area (Å²) in [7, 11) is 0. The number of carbonyl (C=O) groups is 1. The zero-order valence-electron chi connectivity index (χ0n) is 9.91. The maximum Gasteiger partial charge on any atom is 0.248 e. The van der Waals surface area contributed by atoms with Gasteiger partial charge in [0.2, 0.25) is 5.91 Å². The van der Waals surface area contributed by atoms with Crippen LogP contribution in [0.4, 0.5) is 0 Å². The van der Waals surface area contributed by atoms with Crippen LogP contribution in [0.25, 0.3) is 0 Å². The Morgan fingerprint density at radius 3 is 2.88 bits per heavy atom. The highest BCUT2D eigenvalue weighted by atomic mass is 16.5. The summed E-state index contributed by atoms with van der Waals surface area (Å²) in [5.74, 6) is 0.920. The van der Waals surface area contributed by atoms with Crippen LogP contribution in [0, 0.1) is 5.92 Å². The van der Waals surface area contributed by atoms with Crippen LogP contribution in [0.2, 0.25) is 0 Å². The normalized spacial score (nSPS) is 25.2. The zero-order chi connectivity index (χ0) is 11.2. The highest BCUT2D eigenvalue weighted by molar-refractivity contribution is 5.77. The predicted octanol–water partition coefficient (Wildman–Crippen LogP) is 0.625. The van der Waals surface area contributed by atoms with Crippen molar-refractivity contribution in [1.29, 1.82) is 0 Å². The van der Waals surface area contributed by atoms with Crippen molar-refractivity contribution < 1.29 is 9.53 Å². The minimum atomic E-state index is 0.169. The Morgan fingerprint density at radius 1 is 1.38 bits per heavy atom. The van der Waals surface area contributed by atoms with Crippen LogP contribution in [-0.2, 0) is 9.53 Å². The number of carbonyl (C=O) groups excluding carboxylic acids is 1. The number of amides is 1. The number of hydrogen-bond donors (Lipinski definition) is 1. The molecule has 0 aliphatic carbocycles. The monoisotopic (exact) mass is 226 g/mol. The zero-order valence-corrected chi connectivity index (χ0v) is 9.91. The van der Waals surface area contributed by atoms with Gasteiger partial charge in [-0.25, -0.2) is 0 Å². The van der Waals surface area contributed by atoms with Crippen molar-refractivity contribution in [2.24, 2.45) is 5.92 Å². The van der Waals surface area contributed by atoms with Crippen LogP contribution in [0.1, 0.15) is 25.7 Å². The number of ether oxygens (including phenoxy) is 1. The molecule has 4 heteroatoms. The van der Waals surface area contributed by atoms with Crippen LogP contribution in [0.5, 0.6) is 0 Å². The van der Waals surface area contributed by atoms with Crippen molar-refractivity contribution in [2.45, 2.75) is 25.7 Å². The lowest BCUT2D eigenvalue weighted by Gasteiger charge is -2.15. The summed E-state index contributed by atoms with van der Waals surface area (Å²) in [5, 5.41) is 3.34. The van der Waals surface area contributed by atoms with Crippen molar-refractivity contribution in [3.8, 4) is 0 Å². The lowest BCUT2D eigenvalue weighted by Crippen LogP contribution is -2.31. The van der Waals surface area contributed by atoms with E-state index in [0.717, 1.165) is 58.0 Å². The number of rotatable bonds is 5. The van der Waals surface area contributed by atoms with E-state index in [0.29, 0.717) is 0 Å². The largest absolute Gasteiger partial charge is 0.372 e. The molecule has 1 N–H and O–H groups in total. The van der Waals surface area contributed by atoms with Crippen molar-refractivity contribution in [3.05, 3.63) is 0 Å². The Labute approximate surface area is 97.3 Å². The van der Waals surface area contributed by atoms with Crippen LogP contribution < -0.4 is 5.32 Å². The van der Waals surface area contributed by atoms with Crippen molar-refractivity contribution in [2.75, 3.05) is 39.4 Å². The summed E-state index contributed by atoms with van der Waals surface area (Å²) in [6.07, 6.45) is 4.64. The molecule has 2 heterocycles. The third kappa shape index (κ3) is 3.46. The summed E-state index contributed by atoms with van der Waals surface area (Å²) >= 11 is 0. The van der Waals surface area contributed by atoms with E-state index < -0.39 is 0 Å². The summed E-state index contributed by atoms with van der Waals surface area (Å²) < 4.78 is 5.45. The Balaban J connectivity index is 1.51. The topological polar surface area (TPSA) is 41.6 Å². The first kappa shape index (κ1) is 11.9. The first-order chi connectivity index (χ1) is 7.86. The van der Waals surface area contributed by atoms with Gasteiger partial charge in [-0.3, -0.25) is 4.79 Å². The van der Waals surface area contributed by atoms with E-state index >= 15 is 0 Å². The summed E-state index contributed by atoms with van der Waals surface area (Å²) in [6.45, 7) is 5.11. The molecule has 0 aromatic heterocycles. The van der Waals surface area contributed by atoms with Gasteiger partial charge in [-0.05, 0) is 44.7 Å².